The number of aryl methyl sites for hydroxylation is 1. The lowest BCUT2D eigenvalue weighted by Gasteiger charge is -2.13. The maximum absolute atomic E-state index is 13.0. The first kappa shape index (κ1) is 13.5. The van der Waals surface area contributed by atoms with Crippen molar-refractivity contribution in [3.05, 3.63) is 64.7 Å². The lowest BCUT2D eigenvalue weighted by Crippen LogP contribution is -2.22. The minimum absolute atomic E-state index is 0.148. The smallest absolute Gasteiger partial charge is 0.267 e. The van der Waals surface area contributed by atoms with Crippen LogP contribution in [0, 0.1) is 6.92 Å². The van der Waals surface area contributed by atoms with E-state index in [0.717, 1.165) is 11.3 Å². The number of aromatic nitrogens is 4. The summed E-state index contributed by atoms with van der Waals surface area (Å²) in [4.78, 5) is 13.0. The molecule has 0 saturated carbocycles. The second kappa shape index (κ2) is 4.95. The molecular formula is C17H14N4O2. The van der Waals surface area contributed by atoms with Crippen LogP contribution in [0.25, 0.3) is 22.4 Å². The molecule has 0 radical (unpaired) electrons. The van der Waals surface area contributed by atoms with E-state index >= 15 is 0 Å². The zero-order valence-corrected chi connectivity index (χ0v) is 12.7. The van der Waals surface area contributed by atoms with Crippen LogP contribution in [0.3, 0.4) is 0 Å². The molecule has 0 fully saturated rings. The maximum atomic E-state index is 13.0. The van der Waals surface area contributed by atoms with E-state index in [1.807, 2.05) is 59.9 Å². The second-order valence-corrected chi connectivity index (χ2v) is 5.21. The number of ether oxygens (including phenoxy) is 1. The van der Waals surface area contributed by atoms with Crippen molar-refractivity contribution in [3.63, 3.8) is 0 Å². The van der Waals surface area contributed by atoms with Crippen LogP contribution in [0.5, 0.6) is 5.75 Å². The van der Waals surface area contributed by atoms with Crippen LogP contribution < -0.4 is 10.3 Å². The molecule has 23 heavy (non-hydrogen) atoms. The number of benzene rings is 2. The molecule has 0 bridgehead atoms. The molecule has 0 unspecified atom stereocenters. The Hall–Kier alpha value is -3.15. The average Bonchev–Trinajstić information content (AvgIpc) is 2.97. The van der Waals surface area contributed by atoms with Gasteiger partial charge >= 0.3 is 0 Å². The van der Waals surface area contributed by atoms with Crippen molar-refractivity contribution in [2.24, 2.45) is 0 Å². The third-order valence-corrected chi connectivity index (χ3v) is 3.91. The third-order valence-electron chi connectivity index (χ3n) is 3.91. The van der Waals surface area contributed by atoms with Crippen LogP contribution >= 0.6 is 0 Å². The van der Waals surface area contributed by atoms with Gasteiger partial charge in [0.1, 0.15) is 11.6 Å². The van der Waals surface area contributed by atoms with Crippen molar-refractivity contribution in [1.82, 2.24) is 19.2 Å². The van der Waals surface area contributed by atoms with E-state index in [1.54, 1.807) is 11.7 Å². The molecule has 2 aromatic heterocycles. The van der Waals surface area contributed by atoms with Gasteiger partial charge < -0.3 is 4.74 Å². The Morgan fingerprint density at radius 1 is 1.00 bits per heavy atom. The van der Waals surface area contributed by atoms with E-state index in [2.05, 4.69) is 10.2 Å². The zero-order chi connectivity index (χ0) is 16.0. The van der Waals surface area contributed by atoms with Gasteiger partial charge in [-0.25, -0.2) is 4.57 Å². The van der Waals surface area contributed by atoms with Crippen molar-refractivity contribution in [2.75, 3.05) is 7.11 Å². The number of para-hydroxylation sites is 3. The van der Waals surface area contributed by atoms with Gasteiger partial charge in [-0.15, -0.1) is 10.2 Å². The Morgan fingerprint density at radius 2 is 1.74 bits per heavy atom. The molecule has 6 nitrogen and oxygen atoms in total. The molecule has 0 aliphatic rings. The largest absolute Gasteiger partial charge is 0.495 e. The van der Waals surface area contributed by atoms with Crippen LogP contribution in [-0.4, -0.2) is 26.3 Å². The third kappa shape index (κ3) is 1.85. The standard InChI is InChI=1S/C17H14N4O2/c1-11-18-19-17-20(11)13-8-4-3-7-12(13)16(22)21(17)14-9-5-6-10-15(14)23-2/h3-10H,1-2H3. The molecule has 4 rings (SSSR count). The van der Waals surface area contributed by atoms with E-state index in [0.29, 0.717) is 22.6 Å². The summed E-state index contributed by atoms with van der Waals surface area (Å²) in [5.41, 5.74) is 1.29. The summed E-state index contributed by atoms with van der Waals surface area (Å²) >= 11 is 0. The van der Waals surface area contributed by atoms with Gasteiger partial charge in [0, 0.05) is 0 Å². The predicted octanol–water partition coefficient (Wildman–Crippen LogP) is 2.35. The average molecular weight is 306 g/mol. The van der Waals surface area contributed by atoms with Gasteiger partial charge in [0.15, 0.2) is 0 Å². The Morgan fingerprint density at radius 3 is 2.57 bits per heavy atom. The van der Waals surface area contributed by atoms with E-state index < -0.39 is 0 Å². The van der Waals surface area contributed by atoms with Crippen LogP contribution in [0.4, 0.5) is 0 Å². The molecule has 0 spiro atoms. The van der Waals surface area contributed by atoms with Gasteiger partial charge in [-0.2, -0.15) is 0 Å². The quantitative estimate of drug-likeness (QED) is 0.570. The summed E-state index contributed by atoms with van der Waals surface area (Å²) < 4.78 is 8.83. The highest BCUT2D eigenvalue weighted by molar-refractivity contribution is 5.81. The summed E-state index contributed by atoms with van der Waals surface area (Å²) in [5.74, 6) is 1.79. The SMILES string of the molecule is COc1ccccc1-n1c(=O)c2ccccc2n2c(C)nnc12. The molecule has 114 valence electrons. The van der Waals surface area contributed by atoms with E-state index in [4.69, 9.17) is 4.74 Å². The molecule has 0 saturated heterocycles. The molecule has 0 N–H and O–H groups in total. The van der Waals surface area contributed by atoms with Crippen molar-refractivity contribution < 1.29 is 4.74 Å². The number of fused-ring (bicyclic) bond motifs is 3. The molecule has 2 heterocycles. The molecule has 0 amide bonds. The van der Waals surface area contributed by atoms with E-state index in [1.165, 1.54) is 0 Å². The minimum atomic E-state index is -0.148. The maximum Gasteiger partial charge on any atom is 0.267 e. The van der Waals surface area contributed by atoms with Gasteiger partial charge in [-0.05, 0) is 31.2 Å². The molecule has 6 heteroatoms. The Balaban J connectivity index is 2.26. The summed E-state index contributed by atoms with van der Waals surface area (Å²) in [6.45, 7) is 1.86. The van der Waals surface area contributed by atoms with Crippen molar-refractivity contribution in [3.8, 4) is 11.4 Å². The number of rotatable bonds is 2. The monoisotopic (exact) mass is 306 g/mol. The first-order chi connectivity index (χ1) is 11.2. The van der Waals surface area contributed by atoms with Gasteiger partial charge in [-0.3, -0.25) is 9.20 Å². The van der Waals surface area contributed by atoms with Crippen molar-refractivity contribution in [1.29, 1.82) is 0 Å². The number of hydrogen-bond donors (Lipinski definition) is 0. The normalized spacial score (nSPS) is 11.2. The van der Waals surface area contributed by atoms with E-state index in [9.17, 15) is 4.79 Å². The lowest BCUT2D eigenvalue weighted by molar-refractivity contribution is 0.413. The van der Waals surface area contributed by atoms with E-state index in [-0.39, 0.29) is 5.56 Å². The van der Waals surface area contributed by atoms with Crippen LogP contribution in [0.15, 0.2) is 53.3 Å². The second-order valence-electron chi connectivity index (χ2n) is 5.21. The minimum Gasteiger partial charge on any atom is -0.495 e. The van der Waals surface area contributed by atoms with Crippen molar-refractivity contribution >= 4 is 16.7 Å². The molecule has 2 aromatic carbocycles. The first-order valence-corrected chi connectivity index (χ1v) is 7.21. The van der Waals surface area contributed by atoms with Crippen molar-refractivity contribution in [2.45, 2.75) is 6.92 Å². The highest BCUT2D eigenvalue weighted by Crippen LogP contribution is 2.24. The highest BCUT2D eigenvalue weighted by atomic mass is 16.5. The summed E-state index contributed by atoms with van der Waals surface area (Å²) in [7, 11) is 1.58. The van der Waals surface area contributed by atoms with Gasteiger partial charge in [-0.1, -0.05) is 24.3 Å². The molecule has 0 atom stereocenters. The van der Waals surface area contributed by atoms with Gasteiger partial charge in [0.25, 0.3) is 5.56 Å². The number of methoxy groups -OCH3 is 1. The summed E-state index contributed by atoms with van der Waals surface area (Å²) in [6, 6.07) is 14.8. The lowest BCUT2D eigenvalue weighted by atomic mass is 10.2. The first-order valence-electron chi connectivity index (χ1n) is 7.21. The van der Waals surface area contributed by atoms with Gasteiger partial charge in [0.2, 0.25) is 5.78 Å². The highest BCUT2D eigenvalue weighted by Gasteiger charge is 2.17. The fourth-order valence-corrected chi connectivity index (χ4v) is 2.87. The molecule has 4 aromatic rings. The predicted molar refractivity (Wildman–Crippen MR) is 87.4 cm³/mol. The number of nitrogens with zero attached hydrogens (tertiary/aromatic N) is 4. The summed E-state index contributed by atoms with van der Waals surface area (Å²) in [5, 5.41) is 8.95. The van der Waals surface area contributed by atoms with Crippen LogP contribution in [0.2, 0.25) is 0 Å². The summed E-state index contributed by atoms with van der Waals surface area (Å²) in [6.07, 6.45) is 0. The zero-order valence-electron chi connectivity index (χ0n) is 12.7. The topological polar surface area (TPSA) is 61.4 Å². The molecule has 0 aliphatic carbocycles. The van der Waals surface area contributed by atoms with Crippen LogP contribution in [-0.2, 0) is 0 Å². The fraction of sp³-hybridized carbons (Fsp3) is 0.118. The Bertz CT molecular complexity index is 1090. The number of hydrogen-bond acceptors (Lipinski definition) is 4. The van der Waals surface area contributed by atoms with Crippen LogP contribution in [0.1, 0.15) is 5.82 Å². The molecule has 0 aliphatic heterocycles. The Kier molecular flexibility index (Phi) is 2.90. The molecular weight excluding hydrogens is 292 g/mol. The fourth-order valence-electron chi connectivity index (χ4n) is 2.87. The van der Waals surface area contributed by atoms with Gasteiger partial charge in [0.05, 0.1) is 23.7 Å². The Labute approximate surface area is 131 Å².